The Morgan fingerprint density at radius 2 is 1.63 bits per heavy atom. The molecule has 2 aromatic carbocycles. The number of aromatic nitrogens is 1. The van der Waals surface area contributed by atoms with Crippen LogP contribution in [0.4, 0.5) is 0 Å². The lowest BCUT2D eigenvalue weighted by molar-refractivity contribution is 0.451. The summed E-state index contributed by atoms with van der Waals surface area (Å²) in [5.41, 5.74) is 4.96. The minimum absolute atomic E-state index is 0.00940. The van der Waals surface area contributed by atoms with Gasteiger partial charge in [-0.3, -0.25) is 0 Å². The fourth-order valence-electron chi connectivity index (χ4n) is 3.86. The van der Waals surface area contributed by atoms with Crippen LogP contribution in [0.3, 0.4) is 0 Å². The van der Waals surface area contributed by atoms with Crippen molar-refractivity contribution in [3.8, 4) is 22.8 Å². The highest BCUT2D eigenvalue weighted by Crippen LogP contribution is 2.38. The summed E-state index contributed by atoms with van der Waals surface area (Å²) in [7, 11) is 2.05. The molecule has 1 aliphatic rings. The van der Waals surface area contributed by atoms with Gasteiger partial charge in [-0.2, -0.15) is 0 Å². The van der Waals surface area contributed by atoms with Crippen molar-refractivity contribution in [2.45, 2.75) is 52.1 Å². The van der Waals surface area contributed by atoms with Crippen LogP contribution in [0.5, 0.6) is 11.5 Å². The Morgan fingerprint density at radius 1 is 0.967 bits per heavy atom. The quantitative estimate of drug-likeness (QED) is 0.477. The second-order valence-corrected chi connectivity index (χ2v) is 8.43. The number of phenolic OH excluding ortho intramolecular Hbond substituents is 2. The van der Waals surface area contributed by atoms with Crippen LogP contribution in [0.25, 0.3) is 11.3 Å². The Kier molecular flexibility index (Phi) is 7.46. The van der Waals surface area contributed by atoms with Crippen LogP contribution in [0.2, 0.25) is 5.02 Å². The smallest absolute Gasteiger partial charge is 0.137 e. The molecule has 1 aliphatic carbocycles. The lowest BCUT2D eigenvalue weighted by Crippen LogP contribution is -2.20. The van der Waals surface area contributed by atoms with Crippen LogP contribution in [-0.4, -0.2) is 27.9 Å². The highest BCUT2D eigenvalue weighted by molar-refractivity contribution is 6.32. The number of hydrogen-bond acceptors (Lipinski definition) is 3. The summed E-state index contributed by atoms with van der Waals surface area (Å²) in [5.74, 6) is -0.114. The van der Waals surface area contributed by atoms with Crippen LogP contribution in [0.15, 0.2) is 48.5 Å². The van der Waals surface area contributed by atoms with Crippen LogP contribution >= 0.6 is 11.6 Å². The van der Waals surface area contributed by atoms with Gasteiger partial charge in [0.1, 0.15) is 11.5 Å². The molecule has 0 saturated heterocycles. The van der Waals surface area contributed by atoms with Gasteiger partial charge < -0.3 is 20.1 Å². The minimum atomic E-state index is -0.124. The fraction of sp³-hybridized carbons (Fsp3) is 0.360. The van der Waals surface area contributed by atoms with Crippen molar-refractivity contribution in [1.82, 2.24) is 9.88 Å². The van der Waals surface area contributed by atoms with E-state index in [1.165, 1.54) is 42.9 Å². The zero-order valence-corrected chi connectivity index (χ0v) is 18.7. The maximum atomic E-state index is 10.2. The Hall–Kier alpha value is -2.43. The third kappa shape index (κ3) is 5.38. The number of halogens is 1. The van der Waals surface area contributed by atoms with Gasteiger partial charge in [0.05, 0.1) is 10.7 Å². The normalized spacial score (nSPS) is 13.9. The minimum Gasteiger partial charge on any atom is -0.507 e. The predicted molar refractivity (Wildman–Crippen MR) is 125 cm³/mol. The van der Waals surface area contributed by atoms with E-state index in [0.29, 0.717) is 12.1 Å². The number of nitrogens with one attached hydrogen (secondary N) is 1. The number of aryl methyl sites for hydroxylation is 2. The molecule has 5 heteroatoms. The van der Waals surface area contributed by atoms with Crippen LogP contribution in [0, 0.1) is 13.8 Å². The summed E-state index contributed by atoms with van der Waals surface area (Å²) in [6.07, 6.45) is 5.67. The van der Waals surface area contributed by atoms with Crippen LogP contribution < -0.4 is 5.32 Å². The summed E-state index contributed by atoms with van der Waals surface area (Å²) in [6, 6.07) is 16.0. The van der Waals surface area contributed by atoms with E-state index in [4.69, 9.17) is 11.6 Å². The van der Waals surface area contributed by atoms with Crippen molar-refractivity contribution in [3.63, 3.8) is 0 Å². The zero-order chi connectivity index (χ0) is 21.7. The summed E-state index contributed by atoms with van der Waals surface area (Å²) >= 11 is 6.00. The number of hydrogen-bond donors (Lipinski definition) is 3. The molecule has 0 atom stereocenters. The topological polar surface area (TPSA) is 57.4 Å². The molecule has 0 unspecified atom stereocenters. The molecule has 1 aromatic heterocycles. The van der Waals surface area contributed by atoms with Crippen molar-refractivity contribution < 1.29 is 10.2 Å². The summed E-state index contributed by atoms with van der Waals surface area (Å²) in [6.45, 7) is 4.79. The first kappa shape index (κ1) is 22.3. The Bertz CT molecular complexity index is 974. The van der Waals surface area contributed by atoms with Crippen molar-refractivity contribution >= 4 is 11.6 Å². The monoisotopic (exact) mass is 426 g/mol. The van der Waals surface area contributed by atoms with Gasteiger partial charge in [-0.1, -0.05) is 54.3 Å². The number of aromatic hydroxyl groups is 2. The third-order valence-corrected chi connectivity index (χ3v) is 6.07. The molecule has 30 heavy (non-hydrogen) atoms. The molecule has 0 radical (unpaired) electrons. The van der Waals surface area contributed by atoms with E-state index in [0.717, 1.165) is 17.4 Å². The fourth-order valence-corrected chi connectivity index (χ4v) is 4.02. The molecule has 4 nitrogen and oxygen atoms in total. The molecule has 4 rings (SSSR count). The Labute approximate surface area is 184 Å². The van der Waals surface area contributed by atoms with Crippen molar-refractivity contribution in [2.24, 2.45) is 0 Å². The zero-order valence-electron chi connectivity index (χ0n) is 18.0. The van der Waals surface area contributed by atoms with E-state index >= 15 is 0 Å². The van der Waals surface area contributed by atoms with Crippen molar-refractivity contribution in [3.05, 3.63) is 70.4 Å². The third-order valence-electron chi connectivity index (χ3n) is 5.76. The summed E-state index contributed by atoms with van der Waals surface area (Å²) in [5, 5.41) is 23.3. The number of benzene rings is 2. The molecule has 1 heterocycles. The standard InChI is InChI=1S/C19H18ClNO2.C6H13N/c1-12-3-6-14(7-4-12)11-21-13(2)5-8-17(21)15-9-16(20)19(23)10-18(15)22;1-7-6-4-2-3-5-6/h3-10,22-23H,11H2,1-2H3;6-7H,2-5H2,1H3. The van der Waals surface area contributed by atoms with Crippen LogP contribution in [-0.2, 0) is 6.54 Å². The maximum absolute atomic E-state index is 10.2. The van der Waals surface area contributed by atoms with Gasteiger partial charge in [-0.15, -0.1) is 0 Å². The molecule has 3 aromatic rings. The van der Waals surface area contributed by atoms with Gasteiger partial charge in [0.25, 0.3) is 0 Å². The highest BCUT2D eigenvalue weighted by Gasteiger charge is 2.14. The molecular weight excluding hydrogens is 396 g/mol. The second-order valence-electron chi connectivity index (χ2n) is 8.02. The van der Waals surface area contributed by atoms with E-state index < -0.39 is 0 Å². The van der Waals surface area contributed by atoms with Gasteiger partial charge in [0.15, 0.2) is 0 Å². The maximum Gasteiger partial charge on any atom is 0.137 e. The van der Waals surface area contributed by atoms with Gasteiger partial charge in [0, 0.05) is 29.9 Å². The van der Waals surface area contributed by atoms with E-state index in [-0.39, 0.29) is 16.5 Å². The number of rotatable bonds is 4. The van der Waals surface area contributed by atoms with Gasteiger partial charge >= 0.3 is 0 Å². The molecule has 0 bridgehead atoms. The molecule has 3 N–H and O–H groups in total. The van der Waals surface area contributed by atoms with E-state index in [1.807, 2.05) is 19.1 Å². The second kappa shape index (κ2) is 10.1. The van der Waals surface area contributed by atoms with Gasteiger partial charge in [-0.05, 0) is 57.5 Å². The molecule has 160 valence electrons. The predicted octanol–water partition coefficient (Wildman–Crippen LogP) is 6.03. The first-order valence-corrected chi connectivity index (χ1v) is 10.9. The molecule has 0 spiro atoms. The summed E-state index contributed by atoms with van der Waals surface area (Å²) in [4.78, 5) is 0. The number of phenols is 2. The lowest BCUT2D eigenvalue weighted by atomic mass is 10.1. The average Bonchev–Trinajstić information content (AvgIpc) is 3.38. The van der Waals surface area contributed by atoms with Gasteiger partial charge in [0.2, 0.25) is 0 Å². The lowest BCUT2D eigenvalue weighted by Gasteiger charge is -2.14. The van der Waals surface area contributed by atoms with Crippen molar-refractivity contribution in [2.75, 3.05) is 7.05 Å². The average molecular weight is 427 g/mol. The first-order valence-electron chi connectivity index (χ1n) is 10.5. The molecule has 0 aliphatic heterocycles. The van der Waals surface area contributed by atoms with E-state index in [9.17, 15) is 10.2 Å². The SMILES string of the molecule is CNC1CCCC1.Cc1ccc(Cn2c(C)ccc2-c2cc(Cl)c(O)cc2O)cc1. The van der Waals surface area contributed by atoms with E-state index in [2.05, 4.69) is 48.1 Å². The molecule has 1 fully saturated rings. The molecule has 1 saturated carbocycles. The number of nitrogens with zero attached hydrogens (tertiary/aromatic N) is 1. The first-order chi connectivity index (χ1) is 14.4. The Balaban J connectivity index is 0.000000310. The Morgan fingerprint density at radius 3 is 2.23 bits per heavy atom. The summed E-state index contributed by atoms with van der Waals surface area (Å²) < 4.78 is 2.12. The largest absolute Gasteiger partial charge is 0.507 e. The van der Waals surface area contributed by atoms with E-state index in [1.54, 1.807) is 6.07 Å². The molecular formula is C25H31ClN2O2. The molecule has 0 amide bonds. The highest BCUT2D eigenvalue weighted by atomic mass is 35.5. The van der Waals surface area contributed by atoms with Gasteiger partial charge in [-0.25, -0.2) is 0 Å². The van der Waals surface area contributed by atoms with Crippen molar-refractivity contribution in [1.29, 1.82) is 0 Å². The van der Waals surface area contributed by atoms with Crippen LogP contribution in [0.1, 0.15) is 42.5 Å².